The second-order valence-corrected chi connectivity index (χ2v) is 7.80. The van der Waals surface area contributed by atoms with Gasteiger partial charge in [0.25, 0.3) is 0 Å². The van der Waals surface area contributed by atoms with E-state index in [0.717, 1.165) is 31.7 Å². The van der Waals surface area contributed by atoms with E-state index < -0.39 is 0 Å². The van der Waals surface area contributed by atoms with Crippen LogP contribution in [0.4, 0.5) is 0 Å². The average Bonchev–Trinajstić information content (AvgIpc) is 2.96. The number of aliphatic hydroxyl groups excluding tert-OH is 1. The van der Waals surface area contributed by atoms with Crippen LogP contribution in [0.2, 0.25) is 0 Å². The Morgan fingerprint density at radius 1 is 0.966 bits per heavy atom. The van der Waals surface area contributed by atoms with E-state index in [1.54, 1.807) is 7.11 Å². The summed E-state index contributed by atoms with van der Waals surface area (Å²) in [5.41, 5.74) is 5.37. The van der Waals surface area contributed by atoms with Crippen molar-refractivity contribution in [3.63, 3.8) is 0 Å². The molecule has 3 aromatic carbocycles. The second kappa shape index (κ2) is 9.25. The van der Waals surface area contributed by atoms with E-state index in [9.17, 15) is 5.11 Å². The predicted octanol–water partition coefficient (Wildman–Crippen LogP) is 4.61. The van der Waals surface area contributed by atoms with Gasteiger partial charge in [-0.1, -0.05) is 66.7 Å². The van der Waals surface area contributed by atoms with E-state index in [2.05, 4.69) is 65.6 Å². The molecule has 3 nitrogen and oxygen atoms in total. The first kappa shape index (κ1) is 19.7. The minimum Gasteiger partial charge on any atom is -0.497 e. The highest BCUT2D eigenvalue weighted by Crippen LogP contribution is 2.33. The van der Waals surface area contributed by atoms with Gasteiger partial charge in [-0.15, -0.1) is 0 Å². The lowest BCUT2D eigenvalue weighted by atomic mass is 9.88. The molecular weight excluding hydrogens is 358 g/mol. The van der Waals surface area contributed by atoms with Gasteiger partial charge in [0.1, 0.15) is 5.75 Å². The molecule has 0 aromatic heterocycles. The van der Waals surface area contributed by atoms with Crippen molar-refractivity contribution in [3.8, 4) is 5.75 Å². The summed E-state index contributed by atoms with van der Waals surface area (Å²) in [7, 11) is 1.70. The van der Waals surface area contributed by atoms with Gasteiger partial charge in [0.2, 0.25) is 0 Å². The van der Waals surface area contributed by atoms with Crippen molar-refractivity contribution in [1.29, 1.82) is 0 Å². The molecule has 150 valence electrons. The minimum atomic E-state index is 0.0314. The first-order valence-corrected chi connectivity index (χ1v) is 10.4. The standard InChI is InChI=1S/C26H29NO2/c1-29-24-13-11-20(12-14-24)17-23-18-27(16-15-21-7-5-6-10-25(21)23)26(19-28)22-8-3-2-4-9-22/h2-14,23,26,28H,15-19H2,1H3/t23-,26-/m1/s1. The van der Waals surface area contributed by atoms with Crippen LogP contribution in [0.3, 0.4) is 0 Å². The molecule has 29 heavy (non-hydrogen) atoms. The third-order valence-corrected chi connectivity index (χ3v) is 6.06. The number of fused-ring (bicyclic) bond motifs is 1. The number of nitrogens with zero attached hydrogens (tertiary/aromatic N) is 1. The van der Waals surface area contributed by atoms with Crippen molar-refractivity contribution in [2.24, 2.45) is 0 Å². The fraction of sp³-hybridized carbons (Fsp3) is 0.308. The van der Waals surface area contributed by atoms with E-state index in [1.807, 2.05) is 18.2 Å². The number of aliphatic hydroxyl groups is 1. The van der Waals surface area contributed by atoms with Gasteiger partial charge in [0, 0.05) is 19.0 Å². The fourth-order valence-electron chi connectivity index (χ4n) is 4.51. The van der Waals surface area contributed by atoms with E-state index in [-0.39, 0.29) is 12.6 Å². The molecule has 0 aliphatic carbocycles. The summed E-state index contributed by atoms with van der Waals surface area (Å²) in [5, 5.41) is 10.2. The summed E-state index contributed by atoms with van der Waals surface area (Å²) in [4.78, 5) is 2.46. The third-order valence-electron chi connectivity index (χ3n) is 6.06. The topological polar surface area (TPSA) is 32.7 Å². The van der Waals surface area contributed by atoms with Gasteiger partial charge in [0.05, 0.1) is 19.8 Å². The van der Waals surface area contributed by atoms with E-state index in [1.165, 1.54) is 22.3 Å². The normalized spacial score (nSPS) is 17.9. The molecule has 3 aromatic rings. The van der Waals surface area contributed by atoms with Crippen molar-refractivity contribution in [2.75, 3.05) is 26.8 Å². The van der Waals surface area contributed by atoms with Gasteiger partial charge in [-0.2, -0.15) is 0 Å². The van der Waals surface area contributed by atoms with Crippen LogP contribution in [0.25, 0.3) is 0 Å². The van der Waals surface area contributed by atoms with Crippen LogP contribution in [0.5, 0.6) is 5.75 Å². The largest absolute Gasteiger partial charge is 0.497 e. The molecule has 1 N–H and O–H groups in total. The summed E-state index contributed by atoms with van der Waals surface area (Å²) >= 11 is 0. The van der Waals surface area contributed by atoms with Crippen LogP contribution in [0.1, 0.15) is 34.2 Å². The Morgan fingerprint density at radius 2 is 1.69 bits per heavy atom. The Labute approximate surface area is 173 Å². The van der Waals surface area contributed by atoms with Crippen molar-refractivity contribution >= 4 is 0 Å². The summed E-state index contributed by atoms with van der Waals surface area (Å²) < 4.78 is 5.31. The van der Waals surface area contributed by atoms with Gasteiger partial charge in [-0.05, 0) is 47.2 Å². The van der Waals surface area contributed by atoms with E-state index in [0.29, 0.717) is 5.92 Å². The molecule has 4 rings (SSSR count). The number of methoxy groups -OCH3 is 1. The molecule has 2 atom stereocenters. The zero-order chi connectivity index (χ0) is 20.1. The Kier molecular flexibility index (Phi) is 6.28. The second-order valence-electron chi connectivity index (χ2n) is 7.80. The van der Waals surface area contributed by atoms with Gasteiger partial charge >= 0.3 is 0 Å². The SMILES string of the molecule is COc1ccc(C[C@@H]2CN([C@H](CO)c3ccccc3)CCc3ccccc32)cc1. The molecule has 0 spiro atoms. The third kappa shape index (κ3) is 4.52. The first-order chi connectivity index (χ1) is 14.3. The molecule has 0 unspecified atom stereocenters. The Bertz CT molecular complexity index is 908. The molecule has 0 radical (unpaired) electrons. The van der Waals surface area contributed by atoms with Crippen LogP contribution in [0.15, 0.2) is 78.9 Å². The van der Waals surface area contributed by atoms with E-state index in [4.69, 9.17) is 4.74 Å². The quantitative estimate of drug-likeness (QED) is 0.670. The zero-order valence-corrected chi connectivity index (χ0v) is 17.0. The average molecular weight is 388 g/mol. The number of hydrogen-bond acceptors (Lipinski definition) is 3. The minimum absolute atomic E-state index is 0.0314. The molecule has 0 fully saturated rings. The zero-order valence-electron chi connectivity index (χ0n) is 17.0. The highest BCUT2D eigenvalue weighted by Gasteiger charge is 2.28. The van der Waals surface area contributed by atoms with Crippen LogP contribution in [-0.4, -0.2) is 36.8 Å². The van der Waals surface area contributed by atoms with E-state index >= 15 is 0 Å². The number of ether oxygens (including phenoxy) is 1. The van der Waals surface area contributed by atoms with Gasteiger partial charge in [-0.25, -0.2) is 0 Å². The molecule has 1 heterocycles. The number of rotatable bonds is 6. The van der Waals surface area contributed by atoms with Gasteiger partial charge in [-0.3, -0.25) is 4.90 Å². The molecule has 0 saturated carbocycles. The lowest BCUT2D eigenvalue weighted by Gasteiger charge is -2.32. The Morgan fingerprint density at radius 3 is 2.41 bits per heavy atom. The fourth-order valence-corrected chi connectivity index (χ4v) is 4.51. The van der Waals surface area contributed by atoms with Crippen LogP contribution >= 0.6 is 0 Å². The Balaban J connectivity index is 1.62. The molecule has 1 aliphatic rings. The highest BCUT2D eigenvalue weighted by atomic mass is 16.5. The molecule has 0 bridgehead atoms. The Hall–Kier alpha value is -2.62. The summed E-state index contributed by atoms with van der Waals surface area (Å²) in [6.07, 6.45) is 1.99. The lowest BCUT2D eigenvalue weighted by Crippen LogP contribution is -2.35. The summed E-state index contributed by atoms with van der Waals surface area (Å²) in [6, 6.07) is 27.6. The smallest absolute Gasteiger partial charge is 0.118 e. The highest BCUT2D eigenvalue weighted by molar-refractivity contribution is 5.35. The first-order valence-electron chi connectivity index (χ1n) is 10.4. The monoisotopic (exact) mass is 387 g/mol. The molecule has 0 saturated heterocycles. The predicted molar refractivity (Wildman–Crippen MR) is 117 cm³/mol. The maximum atomic E-state index is 10.2. The molecule has 1 aliphatic heterocycles. The lowest BCUT2D eigenvalue weighted by molar-refractivity contribution is 0.120. The number of benzene rings is 3. The van der Waals surface area contributed by atoms with Crippen molar-refractivity contribution < 1.29 is 9.84 Å². The summed E-state index contributed by atoms with van der Waals surface area (Å²) in [5.74, 6) is 1.28. The van der Waals surface area contributed by atoms with Crippen LogP contribution in [-0.2, 0) is 12.8 Å². The van der Waals surface area contributed by atoms with Gasteiger partial charge < -0.3 is 9.84 Å². The maximum absolute atomic E-state index is 10.2. The van der Waals surface area contributed by atoms with Crippen molar-refractivity contribution in [3.05, 3.63) is 101 Å². The molecule has 0 amide bonds. The van der Waals surface area contributed by atoms with Gasteiger partial charge in [0.15, 0.2) is 0 Å². The molecule has 3 heteroatoms. The van der Waals surface area contributed by atoms with Crippen molar-refractivity contribution in [1.82, 2.24) is 4.90 Å². The van der Waals surface area contributed by atoms with Crippen LogP contribution in [0, 0.1) is 0 Å². The number of hydrogen-bond donors (Lipinski definition) is 1. The van der Waals surface area contributed by atoms with Crippen LogP contribution < -0.4 is 4.74 Å². The maximum Gasteiger partial charge on any atom is 0.118 e. The van der Waals surface area contributed by atoms with Crippen molar-refractivity contribution in [2.45, 2.75) is 24.8 Å². The summed E-state index contributed by atoms with van der Waals surface area (Å²) in [6.45, 7) is 2.02. The molecular formula is C26H29NO2.